The molecule has 1 aromatic carbocycles. The van der Waals surface area contributed by atoms with Crippen molar-refractivity contribution in [2.45, 2.75) is 6.92 Å². The molecule has 0 N–H and O–H groups in total. The van der Waals surface area contributed by atoms with Gasteiger partial charge in [0.15, 0.2) is 5.78 Å². The lowest BCUT2D eigenvalue weighted by Crippen LogP contribution is -2.00. The number of carbonyl (C=O) groups is 1. The van der Waals surface area contributed by atoms with E-state index in [9.17, 15) is 14.9 Å². The van der Waals surface area contributed by atoms with Gasteiger partial charge in [0.05, 0.1) is 10.5 Å². The number of hydrogen-bond acceptors (Lipinski definition) is 4. The predicted octanol–water partition coefficient (Wildman–Crippen LogP) is 2.43. The number of nitriles is 1. The first-order valence-electron chi connectivity index (χ1n) is 3.86. The zero-order valence-corrected chi connectivity index (χ0v) is 9.24. The highest BCUT2D eigenvalue weighted by atomic mass is 79.9. The van der Waals surface area contributed by atoms with Crippen LogP contribution in [0.25, 0.3) is 0 Å². The number of nitro benzene ring substituents is 1. The van der Waals surface area contributed by atoms with Gasteiger partial charge in [0.25, 0.3) is 5.69 Å². The largest absolute Gasteiger partial charge is 0.294 e. The van der Waals surface area contributed by atoms with Crippen molar-refractivity contribution in [1.82, 2.24) is 0 Å². The van der Waals surface area contributed by atoms with E-state index in [4.69, 9.17) is 5.26 Å². The molecule has 0 saturated carbocycles. The second-order valence-electron chi connectivity index (χ2n) is 2.78. The van der Waals surface area contributed by atoms with Crippen LogP contribution >= 0.6 is 15.9 Å². The van der Waals surface area contributed by atoms with Crippen LogP contribution in [0.5, 0.6) is 0 Å². The quantitative estimate of drug-likeness (QED) is 0.469. The first-order chi connectivity index (χ1) is 6.97. The van der Waals surface area contributed by atoms with Crippen molar-refractivity contribution in [2.24, 2.45) is 0 Å². The minimum absolute atomic E-state index is 0.00331. The highest BCUT2D eigenvalue weighted by Crippen LogP contribution is 2.27. The summed E-state index contributed by atoms with van der Waals surface area (Å²) in [5, 5.41) is 19.2. The lowest BCUT2D eigenvalue weighted by Gasteiger charge is -2.02. The molecule has 0 bridgehead atoms. The molecular weight excluding hydrogens is 264 g/mol. The van der Waals surface area contributed by atoms with Crippen LogP contribution in [0.1, 0.15) is 22.8 Å². The molecule has 0 radical (unpaired) electrons. The molecule has 0 aliphatic heterocycles. The summed E-state index contributed by atoms with van der Waals surface area (Å²) in [5.74, 6) is -0.312. The van der Waals surface area contributed by atoms with Crippen molar-refractivity contribution < 1.29 is 9.72 Å². The molecule has 0 fully saturated rings. The minimum Gasteiger partial charge on any atom is -0.294 e. The molecule has 0 atom stereocenters. The van der Waals surface area contributed by atoms with Crippen LogP contribution in [-0.2, 0) is 0 Å². The number of nitrogens with zero attached hydrogens (tertiary/aromatic N) is 2. The Morgan fingerprint density at radius 2 is 2.20 bits per heavy atom. The van der Waals surface area contributed by atoms with Crippen molar-refractivity contribution in [3.05, 3.63) is 37.8 Å². The molecule has 0 saturated heterocycles. The van der Waals surface area contributed by atoms with Crippen LogP contribution in [0.3, 0.4) is 0 Å². The highest BCUT2D eigenvalue weighted by molar-refractivity contribution is 9.10. The van der Waals surface area contributed by atoms with Gasteiger partial charge in [0.2, 0.25) is 0 Å². The maximum absolute atomic E-state index is 11.2. The Balaban J connectivity index is 3.53. The lowest BCUT2D eigenvalue weighted by atomic mass is 10.0. The maximum Gasteiger partial charge on any atom is 0.271 e. The van der Waals surface area contributed by atoms with E-state index in [1.165, 1.54) is 13.0 Å². The third kappa shape index (κ3) is 2.19. The fraction of sp³-hybridized carbons (Fsp3) is 0.111. The van der Waals surface area contributed by atoms with Gasteiger partial charge in [0, 0.05) is 22.2 Å². The zero-order valence-electron chi connectivity index (χ0n) is 7.65. The van der Waals surface area contributed by atoms with Crippen LogP contribution in [0.2, 0.25) is 0 Å². The van der Waals surface area contributed by atoms with Crippen LogP contribution in [0, 0.1) is 21.4 Å². The Labute approximate surface area is 93.6 Å². The molecule has 5 nitrogen and oxygen atoms in total. The fourth-order valence-corrected chi connectivity index (χ4v) is 1.87. The molecule has 15 heavy (non-hydrogen) atoms. The molecule has 1 aromatic rings. The number of hydrogen-bond donors (Lipinski definition) is 0. The molecule has 0 heterocycles. The Bertz CT molecular complexity index is 491. The van der Waals surface area contributed by atoms with Gasteiger partial charge < -0.3 is 0 Å². The van der Waals surface area contributed by atoms with Crippen LogP contribution < -0.4 is 0 Å². The van der Waals surface area contributed by atoms with Gasteiger partial charge in [-0.1, -0.05) is 0 Å². The number of benzene rings is 1. The number of rotatable bonds is 2. The number of nitro groups is 1. The third-order valence-corrected chi connectivity index (χ3v) is 2.38. The van der Waals surface area contributed by atoms with E-state index in [2.05, 4.69) is 15.9 Å². The Morgan fingerprint density at radius 3 is 2.60 bits per heavy atom. The molecule has 76 valence electrons. The predicted molar refractivity (Wildman–Crippen MR) is 55.5 cm³/mol. The van der Waals surface area contributed by atoms with Crippen molar-refractivity contribution in [3.8, 4) is 6.07 Å². The average Bonchev–Trinajstić information content (AvgIpc) is 2.15. The van der Waals surface area contributed by atoms with Crippen LogP contribution in [-0.4, -0.2) is 10.7 Å². The van der Waals surface area contributed by atoms with Gasteiger partial charge in [-0.15, -0.1) is 0 Å². The number of Topliss-reactive ketones (excluding diaryl/α,β-unsaturated/α-hetero) is 1. The molecular formula is C9H5BrN2O3. The van der Waals surface area contributed by atoms with Gasteiger partial charge in [-0.05, 0) is 22.9 Å². The monoisotopic (exact) mass is 268 g/mol. The van der Waals surface area contributed by atoms with Crippen molar-refractivity contribution >= 4 is 27.4 Å². The van der Waals surface area contributed by atoms with E-state index in [1.54, 1.807) is 6.07 Å². The molecule has 1 rings (SSSR count). The second kappa shape index (κ2) is 4.19. The van der Waals surface area contributed by atoms with E-state index in [-0.39, 0.29) is 27.1 Å². The summed E-state index contributed by atoms with van der Waals surface area (Å²) in [6.45, 7) is 1.30. The molecule has 0 spiro atoms. The topological polar surface area (TPSA) is 84.0 Å². The van der Waals surface area contributed by atoms with E-state index in [1.807, 2.05) is 0 Å². The van der Waals surface area contributed by atoms with Crippen molar-refractivity contribution in [2.75, 3.05) is 0 Å². The Kier molecular flexibility index (Phi) is 3.17. The number of non-ortho nitro benzene ring substituents is 1. The van der Waals surface area contributed by atoms with E-state index >= 15 is 0 Å². The summed E-state index contributed by atoms with van der Waals surface area (Å²) in [6, 6.07) is 4.05. The summed E-state index contributed by atoms with van der Waals surface area (Å²) in [4.78, 5) is 21.1. The van der Waals surface area contributed by atoms with Crippen molar-refractivity contribution in [3.63, 3.8) is 0 Å². The van der Waals surface area contributed by atoms with Gasteiger partial charge in [-0.25, -0.2) is 0 Å². The van der Waals surface area contributed by atoms with Gasteiger partial charge >= 0.3 is 0 Å². The number of carbonyl (C=O) groups excluding carboxylic acids is 1. The van der Waals surface area contributed by atoms with Gasteiger partial charge in [-0.2, -0.15) is 5.26 Å². The third-order valence-electron chi connectivity index (χ3n) is 1.76. The molecule has 0 unspecified atom stereocenters. The second-order valence-corrected chi connectivity index (χ2v) is 3.63. The van der Waals surface area contributed by atoms with E-state index in [0.29, 0.717) is 0 Å². The minimum atomic E-state index is -0.616. The lowest BCUT2D eigenvalue weighted by molar-refractivity contribution is -0.385. The standard InChI is InChI=1S/C9H5BrN2O3/c1-5(13)9-6(4-11)2-7(12(14)15)3-8(9)10/h2-3H,1H3. The molecule has 0 aliphatic carbocycles. The van der Waals surface area contributed by atoms with Crippen LogP contribution in [0.4, 0.5) is 5.69 Å². The normalized spacial score (nSPS) is 9.40. The summed E-state index contributed by atoms with van der Waals surface area (Å²) in [5.41, 5.74) is -0.0462. The SMILES string of the molecule is CC(=O)c1c(Br)cc([N+](=O)[O-])cc1C#N. The maximum atomic E-state index is 11.2. The fourth-order valence-electron chi connectivity index (χ4n) is 1.14. The average molecular weight is 269 g/mol. The first-order valence-corrected chi connectivity index (χ1v) is 4.65. The van der Waals surface area contributed by atoms with E-state index < -0.39 is 4.92 Å². The molecule has 0 aliphatic rings. The molecule has 6 heteroatoms. The van der Waals surface area contributed by atoms with Crippen molar-refractivity contribution in [1.29, 1.82) is 5.26 Å². The van der Waals surface area contributed by atoms with Crippen LogP contribution in [0.15, 0.2) is 16.6 Å². The Hall–Kier alpha value is -1.74. The number of ketones is 1. The zero-order chi connectivity index (χ0) is 11.6. The molecule has 0 aromatic heterocycles. The molecule has 0 amide bonds. The highest BCUT2D eigenvalue weighted by Gasteiger charge is 2.17. The van der Waals surface area contributed by atoms with Gasteiger partial charge in [-0.3, -0.25) is 14.9 Å². The number of halogens is 1. The summed E-state index contributed by atoms with van der Waals surface area (Å²) in [6.07, 6.45) is 0. The Morgan fingerprint density at radius 1 is 1.60 bits per heavy atom. The smallest absolute Gasteiger partial charge is 0.271 e. The first kappa shape index (κ1) is 11.3. The van der Waals surface area contributed by atoms with Gasteiger partial charge in [0.1, 0.15) is 6.07 Å². The summed E-state index contributed by atoms with van der Waals surface area (Å²) in [7, 11) is 0. The summed E-state index contributed by atoms with van der Waals surface area (Å²) >= 11 is 3.03. The summed E-state index contributed by atoms with van der Waals surface area (Å²) < 4.78 is 0.265. The van der Waals surface area contributed by atoms with E-state index in [0.717, 1.165) is 6.07 Å².